The number of fused-ring (bicyclic) bond motifs is 1. The van der Waals surface area contributed by atoms with Gasteiger partial charge in [-0.15, -0.1) is 0 Å². The highest BCUT2D eigenvalue weighted by Gasteiger charge is 2.55. The fourth-order valence-corrected chi connectivity index (χ4v) is 3.71. The first-order valence-electron chi connectivity index (χ1n) is 9.79. The Balaban J connectivity index is 1.54. The molecule has 26 heavy (non-hydrogen) atoms. The summed E-state index contributed by atoms with van der Waals surface area (Å²) in [4.78, 5) is 0. The third-order valence-corrected chi connectivity index (χ3v) is 4.98. The van der Waals surface area contributed by atoms with E-state index < -0.39 is 5.79 Å². The van der Waals surface area contributed by atoms with Crippen LogP contribution in [-0.4, -0.2) is 41.6 Å². The minimum Gasteiger partial charge on any atom is -0.393 e. The van der Waals surface area contributed by atoms with E-state index in [-0.39, 0.29) is 30.7 Å². The molecule has 2 saturated heterocycles. The standard InChI is InChI=1S/C21H32O5/c1-15(22)10-6-4-9-13-17-18(23-14-16-11-7-5-8-12-16)19-20(24-17)26-21(2,3)25-19/h5,7-8,11-12,15,17-20,22H,4,6,9-10,13-14H2,1-3H3/t15-,17+,18-,19+,20+/m0/s1. The predicted octanol–water partition coefficient (Wildman–Crippen LogP) is 3.78. The minimum absolute atomic E-state index is 0.0173. The lowest BCUT2D eigenvalue weighted by molar-refractivity contribution is -0.219. The Bertz CT molecular complexity index is 545. The first kappa shape index (κ1) is 19.8. The van der Waals surface area contributed by atoms with Crippen LogP contribution in [0.15, 0.2) is 30.3 Å². The lowest BCUT2D eigenvalue weighted by atomic mass is 10.0. The maximum Gasteiger partial charge on any atom is 0.190 e. The molecular weight excluding hydrogens is 332 g/mol. The number of ether oxygens (including phenoxy) is 4. The van der Waals surface area contributed by atoms with Crippen molar-refractivity contribution in [3.05, 3.63) is 35.9 Å². The average molecular weight is 364 g/mol. The van der Waals surface area contributed by atoms with E-state index >= 15 is 0 Å². The molecular formula is C21H32O5. The number of benzene rings is 1. The Kier molecular flexibility index (Phi) is 6.70. The van der Waals surface area contributed by atoms with Gasteiger partial charge in [-0.3, -0.25) is 0 Å². The summed E-state index contributed by atoms with van der Waals surface area (Å²) in [7, 11) is 0. The maximum atomic E-state index is 9.36. The quantitative estimate of drug-likeness (QED) is 0.676. The number of aliphatic hydroxyl groups excluding tert-OH is 1. The van der Waals surface area contributed by atoms with Crippen molar-refractivity contribution in [1.82, 2.24) is 0 Å². The van der Waals surface area contributed by atoms with Gasteiger partial charge in [-0.25, -0.2) is 0 Å². The van der Waals surface area contributed by atoms with Crippen LogP contribution in [0, 0.1) is 0 Å². The van der Waals surface area contributed by atoms with Crippen molar-refractivity contribution in [2.24, 2.45) is 0 Å². The lowest BCUT2D eigenvalue weighted by Crippen LogP contribution is -2.36. The molecule has 2 aliphatic rings. The summed E-state index contributed by atoms with van der Waals surface area (Å²) in [6, 6.07) is 10.2. The van der Waals surface area contributed by atoms with Crippen LogP contribution >= 0.6 is 0 Å². The minimum atomic E-state index is -0.633. The molecule has 2 heterocycles. The molecule has 0 radical (unpaired) electrons. The summed E-state index contributed by atoms with van der Waals surface area (Å²) in [5, 5.41) is 9.36. The van der Waals surface area contributed by atoms with E-state index in [9.17, 15) is 5.11 Å². The molecule has 0 amide bonds. The van der Waals surface area contributed by atoms with Crippen molar-refractivity contribution in [2.45, 2.75) is 96.0 Å². The highest BCUT2D eigenvalue weighted by molar-refractivity contribution is 5.13. The Hall–Kier alpha value is -0.980. The molecule has 2 aliphatic heterocycles. The Morgan fingerprint density at radius 2 is 1.88 bits per heavy atom. The van der Waals surface area contributed by atoms with Crippen molar-refractivity contribution in [1.29, 1.82) is 0 Å². The second-order valence-corrected chi connectivity index (χ2v) is 7.89. The predicted molar refractivity (Wildman–Crippen MR) is 98.5 cm³/mol. The van der Waals surface area contributed by atoms with E-state index in [1.165, 1.54) is 0 Å². The van der Waals surface area contributed by atoms with E-state index in [2.05, 4.69) is 12.1 Å². The van der Waals surface area contributed by atoms with E-state index in [4.69, 9.17) is 18.9 Å². The summed E-state index contributed by atoms with van der Waals surface area (Å²) < 4.78 is 24.3. The molecule has 5 nitrogen and oxygen atoms in total. The molecule has 0 bridgehead atoms. The van der Waals surface area contributed by atoms with Crippen LogP contribution in [-0.2, 0) is 25.6 Å². The van der Waals surface area contributed by atoms with Gasteiger partial charge in [0.05, 0.1) is 18.8 Å². The fraction of sp³-hybridized carbons (Fsp3) is 0.714. The fourth-order valence-electron chi connectivity index (χ4n) is 3.71. The lowest BCUT2D eigenvalue weighted by Gasteiger charge is -2.26. The highest BCUT2D eigenvalue weighted by Crippen LogP contribution is 2.40. The zero-order chi connectivity index (χ0) is 18.6. The first-order valence-corrected chi connectivity index (χ1v) is 9.79. The van der Waals surface area contributed by atoms with Crippen LogP contribution < -0.4 is 0 Å². The smallest absolute Gasteiger partial charge is 0.190 e. The molecule has 0 spiro atoms. The van der Waals surface area contributed by atoms with Gasteiger partial charge in [-0.1, -0.05) is 49.6 Å². The van der Waals surface area contributed by atoms with Gasteiger partial charge in [0.1, 0.15) is 12.2 Å². The van der Waals surface area contributed by atoms with Crippen molar-refractivity contribution in [3.63, 3.8) is 0 Å². The van der Waals surface area contributed by atoms with Crippen LogP contribution in [0.2, 0.25) is 0 Å². The van der Waals surface area contributed by atoms with Gasteiger partial charge in [-0.05, 0) is 39.2 Å². The molecule has 2 fully saturated rings. The summed E-state index contributed by atoms with van der Waals surface area (Å²) in [6.07, 6.45) is 4.03. The molecule has 0 saturated carbocycles. The van der Waals surface area contributed by atoms with Crippen LogP contribution in [0.5, 0.6) is 0 Å². The number of unbranched alkanes of at least 4 members (excludes halogenated alkanes) is 2. The SMILES string of the molecule is C[C@H](O)CCCCC[C@H]1O[C@@H]2OC(C)(C)O[C@@H]2[C@H]1OCc1ccccc1. The molecule has 0 aromatic heterocycles. The number of hydrogen-bond donors (Lipinski definition) is 1. The van der Waals surface area contributed by atoms with Crippen molar-refractivity contribution < 1.29 is 24.1 Å². The van der Waals surface area contributed by atoms with Crippen LogP contribution in [0.25, 0.3) is 0 Å². The molecule has 5 atom stereocenters. The third kappa shape index (κ3) is 5.27. The summed E-state index contributed by atoms with van der Waals surface area (Å²) in [5.74, 6) is -0.633. The van der Waals surface area contributed by atoms with Gasteiger partial charge >= 0.3 is 0 Å². The molecule has 1 aromatic rings. The summed E-state index contributed by atoms with van der Waals surface area (Å²) in [6.45, 7) is 6.20. The van der Waals surface area contributed by atoms with E-state index in [0.717, 1.165) is 37.7 Å². The molecule has 146 valence electrons. The second kappa shape index (κ2) is 8.81. The summed E-state index contributed by atoms with van der Waals surface area (Å²) in [5.41, 5.74) is 1.14. The molecule has 5 heteroatoms. The van der Waals surface area contributed by atoms with Crippen LogP contribution in [0.3, 0.4) is 0 Å². The van der Waals surface area contributed by atoms with Gasteiger partial charge < -0.3 is 24.1 Å². The number of rotatable bonds is 9. The van der Waals surface area contributed by atoms with Crippen LogP contribution in [0.1, 0.15) is 58.4 Å². The number of hydrogen-bond acceptors (Lipinski definition) is 5. The Morgan fingerprint density at radius 1 is 1.12 bits per heavy atom. The monoisotopic (exact) mass is 364 g/mol. The Morgan fingerprint density at radius 3 is 2.62 bits per heavy atom. The van der Waals surface area contributed by atoms with Gasteiger partial charge in [-0.2, -0.15) is 0 Å². The van der Waals surface area contributed by atoms with Gasteiger partial charge in [0.25, 0.3) is 0 Å². The van der Waals surface area contributed by atoms with Gasteiger partial charge in [0.15, 0.2) is 12.1 Å². The molecule has 1 aromatic carbocycles. The number of aliphatic hydroxyl groups is 1. The zero-order valence-electron chi connectivity index (χ0n) is 16.1. The topological polar surface area (TPSA) is 57.2 Å². The van der Waals surface area contributed by atoms with Gasteiger partial charge in [0.2, 0.25) is 0 Å². The second-order valence-electron chi connectivity index (χ2n) is 7.89. The summed E-state index contributed by atoms with van der Waals surface area (Å²) >= 11 is 0. The van der Waals surface area contributed by atoms with E-state index in [1.54, 1.807) is 0 Å². The van der Waals surface area contributed by atoms with Gasteiger partial charge in [0, 0.05) is 0 Å². The molecule has 1 N–H and O–H groups in total. The molecule has 0 unspecified atom stereocenters. The van der Waals surface area contributed by atoms with Crippen molar-refractivity contribution >= 4 is 0 Å². The van der Waals surface area contributed by atoms with Crippen molar-refractivity contribution in [3.8, 4) is 0 Å². The largest absolute Gasteiger partial charge is 0.393 e. The highest BCUT2D eigenvalue weighted by atomic mass is 16.8. The first-order chi connectivity index (χ1) is 12.4. The van der Waals surface area contributed by atoms with E-state index in [1.807, 2.05) is 39.0 Å². The van der Waals surface area contributed by atoms with E-state index in [0.29, 0.717) is 6.61 Å². The zero-order valence-corrected chi connectivity index (χ0v) is 16.1. The molecule has 0 aliphatic carbocycles. The average Bonchev–Trinajstić information content (AvgIpc) is 3.05. The normalized spacial score (nSPS) is 31.1. The van der Waals surface area contributed by atoms with Crippen LogP contribution in [0.4, 0.5) is 0 Å². The molecule has 3 rings (SSSR count). The maximum absolute atomic E-state index is 9.36. The Labute approximate surface area is 156 Å². The third-order valence-electron chi connectivity index (χ3n) is 4.98. The van der Waals surface area contributed by atoms with Crippen molar-refractivity contribution in [2.75, 3.05) is 0 Å².